The van der Waals surface area contributed by atoms with Crippen LogP contribution in [-0.4, -0.2) is 10.2 Å². The van der Waals surface area contributed by atoms with Crippen molar-refractivity contribution >= 4 is 21.8 Å². The number of hydrogen-bond acceptors (Lipinski definition) is 0. The lowest BCUT2D eigenvalue weighted by molar-refractivity contribution is 0.878. The zero-order valence-electron chi connectivity index (χ0n) is 11.5. The second-order valence-electron chi connectivity index (χ2n) is 4.96. The van der Waals surface area contributed by atoms with Gasteiger partial charge >= 0.3 is 0 Å². The van der Waals surface area contributed by atoms with Crippen LogP contribution in [0.3, 0.4) is 0 Å². The monoisotopic (exact) mass is 305 g/mol. The Kier molecular flexibility index (Phi) is 3.96. The van der Waals surface area contributed by atoms with Crippen LogP contribution in [0.25, 0.3) is 0 Å². The third-order valence-corrected chi connectivity index (χ3v) is 4.87. The van der Waals surface area contributed by atoms with Crippen LogP contribution in [0.5, 0.6) is 0 Å². The van der Waals surface area contributed by atoms with Gasteiger partial charge in [0.1, 0.15) is 0 Å². The average Bonchev–Trinajstić information content (AvgIpc) is 2.56. The highest BCUT2D eigenvalue weighted by molar-refractivity contribution is 6.33. The summed E-state index contributed by atoms with van der Waals surface area (Å²) in [7, 11) is 4.04. The van der Waals surface area contributed by atoms with Gasteiger partial charge in [-0.2, -0.15) is 0 Å². The van der Waals surface area contributed by atoms with Crippen LogP contribution in [0.4, 0.5) is 0 Å². The van der Waals surface area contributed by atoms with Gasteiger partial charge in [0.15, 0.2) is 0 Å². The van der Waals surface area contributed by atoms with E-state index in [1.54, 1.807) is 0 Å². The predicted molar refractivity (Wildman–Crippen MR) is 90.0 cm³/mol. The highest BCUT2D eigenvalue weighted by Gasteiger charge is 2.32. The van der Waals surface area contributed by atoms with Crippen molar-refractivity contribution in [2.75, 3.05) is 0 Å². The highest BCUT2D eigenvalue weighted by atomic mass is 35.5. The van der Waals surface area contributed by atoms with E-state index >= 15 is 0 Å². The van der Waals surface area contributed by atoms with Crippen molar-refractivity contribution in [3.8, 4) is 0 Å². The normalized spacial score (nSPS) is 11.3. The van der Waals surface area contributed by atoms with E-state index in [9.17, 15) is 0 Å². The van der Waals surface area contributed by atoms with Crippen LogP contribution in [0.15, 0.2) is 84.9 Å². The highest BCUT2D eigenvalue weighted by Crippen LogP contribution is 2.39. The fourth-order valence-corrected chi connectivity index (χ4v) is 3.53. The Balaban J connectivity index is 2.29. The molecule has 0 atom stereocenters. The van der Waals surface area contributed by atoms with Gasteiger partial charge in [0.2, 0.25) is 0 Å². The van der Waals surface area contributed by atoms with Gasteiger partial charge in [-0.1, -0.05) is 90.5 Å². The van der Waals surface area contributed by atoms with E-state index in [0.29, 0.717) is 0 Å². The molecule has 0 heterocycles. The topological polar surface area (TPSA) is 0 Å². The van der Waals surface area contributed by atoms with Crippen molar-refractivity contribution < 1.29 is 0 Å². The first kappa shape index (κ1) is 14.1. The van der Waals surface area contributed by atoms with Crippen LogP contribution >= 0.6 is 11.6 Å². The Bertz CT molecular complexity index is 683. The van der Waals surface area contributed by atoms with E-state index in [0.717, 1.165) is 21.7 Å². The summed E-state index contributed by atoms with van der Waals surface area (Å²) in [6.07, 6.45) is 0. The first-order chi connectivity index (χ1) is 10.2. The molecule has 0 nitrogen and oxygen atoms in total. The molecule has 101 valence electrons. The molecule has 3 rings (SSSR count). The van der Waals surface area contributed by atoms with Crippen LogP contribution in [0.2, 0.25) is 5.02 Å². The summed E-state index contributed by atoms with van der Waals surface area (Å²) in [6.45, 7) is 0. The molecule has 0 fully saturated rings. The van der Waals surface area contributed by atoms with E-state index in [4.69, 9.17) is 11.6 Å². The number of halogens is 1. The summed E-state index contributed by atoms with van der Waals surface area (Å²) in [4.78, 5) is 0. The van der Waals surface area contributed by atoms with Crippen molar-refractivity contribution in [1.82, 2.24) is 0 Å². The fraction of sp³-hybridized carbons (Fsp3) is 0.0526. The molecule has 21 heavy (non-hydrogen) atoms. The van der Waals surface area contributed by atoms with Gasteiger partial charge < -0.3 is 0 Å². The summed E-state index contributed by atoms with van der Waals surface area (Å²) in [5, 5.41) is 0.293. The minimum absolute atomic E-state index is 0.457. The van der Waals surface area contributed by atoms with Gasteiger partial charge in [0.05, 0.1) is 10.2 Å². The summed E-state index contributed by atoms with van der Waals surface area (Å²) >= 11 is 6.48. The number of rotatable bonds is 3. The van der Waals surface area contributed by atoms with Crippen LogP contribution < -0.4 is 0 Å². The molecule has 0 saturated carbocycles. The molecular weight excluding hydrogens is 292 g/mol. The van der Waals surface area contributed by atoms with E-state index in [2.05, 4.69) is 40.6 Å². The van der Waals surface area contributed by atoms with E-state index in [1.165, 1.54) is 0 Å². The van der Waals surface area contributed by atoms with E-state index in [-0.39, 0.29) is 0 Å². The Morgan fingerprint density at radius 3 is 1.52 bits per heavy atom. The third-order valence-electron chi connectivity index (χ3n) is 3.69. The average molecular weight is 306 g/mol. The lowest BCUT2D eigenvalue weighted by Crippen LogP contribution is -2.30. The van der Waals surface area contributed by atoms with Crippen LogP contribution in [-0.2, 0) is 5.04 Å². The standard InChI is InChI=1S/C19H14ClSi/c20-18-14-8-7-13-17(18)19(21,15-9-3-1-4-10-15)16-11-5-2-6-12-16/h1-14H. The molecule has 3 aromatic rings. The Morgan fingerprint density at radius 2 is 1.05 bits per heavy atom. The first-order valence-corrected chi connectivity index (χ1v) is 7.72. The second kappa shape index (κ2) is 5.88. The molecule has 0 bridgehead atoms. The van der Waals surface area contributed by atoms with Gasteiger partial charge in [-0.05, 0) is 22.8 Å². The minimum atomic E-state index is -0.457. The van der Waals surface area contributed by atoms with Crippen molar-refractivity contribution in [3.63, 3.8) is 0 Å². The molecule has 0 saturated heterocycles. The summed E-state index contributed by atoms with van der Waals surface area (Å²) in [6, 6.07) is 28.6. The van der Waals surface area contributed by atoms with Gasteiger partial charge in [0, 0.05) is 10.1 Å². The second-order valence-corrected chi connectivity index (χ2v) is 6.12. The first-order valence-electron chi connectivity index (χ1n) is 6.84. The molecule has 2 heteroatoms. The van der Waals surface area contributed by atoms with Crippen LogP contribution in [0, 0.1) is 0 Å². The SMILES string of the molecule is [Si]C(c1ccccc1)(c1ccccc1)c1ccccc1Cl. The largest absolute Gasteiger partial charge is 0.0840 e. The molecule has 0 amide bonds. The van der Waals surface area contributed by atoms with Gasteiger partial charge in [-0.15, -0.1) is 0 Å². The number of benzene rings is 3. The predicted octanol–water partition coefficient (Wildman–Crippen LogP) is 4.80. The van der Waals surface area contributed by atoms with Crippen molar-refractivity contribution in [2.45, 2.75) is 5.04 Å². The van der Waals surface area contributed by atoms with E-state index in [1.807, 2.05) is 54.6 Å². The van der Waals surface area contributed by atoms with E-state index < -0.39 is 5.04 Å². The quantitative estimate of drug-likeness (QED) is 0.481. The lowest BCUT2D eigenvalue weighted by atomic mass is 9.83. The third kappa shape index (κ3) is 2.55. The molecular formula is C19H14ClSi. The molecule has 0 spiro atoms. The molecule has 0 aliphatic rings. The summed E-state index contributed by atoms with van der Waals surface area (Å²) in [5.74, 6) is 0. The molecule has 0 aliphatic heterocycles. The smallest absolute Gasteiger partial charge is 0.0510 e. The minimum Gasteiger partial charge on any atom is -0.0840 e. The summed E-state index contributed by atoms with van der Waals surface area (Å²) < 4.78 is 0. The lowest BCUT2D eigenvalue weighted by Gasteiger charge is -2.32. The fourth-order valence-electron chi connectivity index (χ4n) is 2.62. The molecule has 0 unspecified atom stereocenters. The molecule has 0 N–H and O–H groups in total. The molecule has 3 aromatic carbocycles. The Hall–Kier alpha value is -1.83. The van der Waals surface area contributed by atoms with Crippen molar-refractivity contribution in [2.24, 2.45) is 0 Å². The zero-order chi connectivity index (χ0) is 14.7. The molecule has 0 aliphatic carbocycles. The van der Waals surface area contributed by atoms with Gasteiger partial charge in [0.25, 0.3) is 0 Å². The Morgan fingerprint density at radius 1 is 0.619 bits per heavy atom. The molecule has 3 radical (unpaired) electrons. The van der Waals surface area contributed by atoms with Gasteiger partial charge in [-0.25, -0.2) is 0 Å². The van der Waals surface area contributed by atoms with Crippen LogP contribution in [0.1, 0.15) is 16.7 Å². The maximum atomic E-state index is 6.48. The Labute approximate surface area is 133 Å². The zero-order valence-corrected chi connectivity index (χ0v) is 13.2. The number of hydrogen-bond donors (Lipinski definition) is 0. The molecule has 0 aromatic heterocycles. The van der Waals surface area contributed by atoms with Crippen molar-refractivity contribution in [3.05, 3.63) is 107 Å². The maximum Gasteiger partial charge on any atom is 0.0510 e. The van der Waals surface area contributed by atoms with Gasteiger partial charge in [-0.3, -0.25) is 0 Å². The summed E-state index contributed by atoms with van der Waals surface area (Å²) in [5.41, 5.74) is 3.35. The van der Waals surface area contributed by atoms with Crippen molar-refractivity contribution in [1.29, 1.82) is 0 Å². The maximum absolute atomic E-state index is 6.48.